The van der Waals surface area contributed by atoms with E-state index in [1.807, 2.05) is 0 Å². The number of phenols is 1. The first-order valence-corrected chi connectivity index (χ1v) is 6.18. The molecule has 0 radical (unpaired) electrons. The van der Waals surface area contributed by atoms with Crippen LogP contribution in [-0.4, -0.2) is 38.7 Å². The summed E-state index contributed by atoms with van der Waals surface area (Å²) in [4.78, 5) is 12.2. The monoisotopic (exact) mass is 302 g/mol. The summed E-state index contributed by atoms with van der Waals surface area (Å²) in [5.41, 5.74) is -3.70. The molecule has 0 saturated carbocycles. The maximum atomic E-state index is 13.1. The van der Waals surface area contributed by atoms with Crippen molar-refractivity contribution in [3.8, 4) is 5.75 Å². The third-order valence-electron chi connectivity index (χ3n) is 3.23. The lowest BCUT2D eigenvalue weighted by Crippen LogP contribution is -2.56. The average Bonchev–Trinajstić information content (AvgIpc) is 2.77. The maximum Gasteiger partial charge on any atom is 0.438 e. The average molecular weight is 302 g/mol. The van der Waals surface area contributed by atoms with Crippen LogP contribution in [-0.2, 0) is 0 Å². The topological polar surface area (TPSA) is 73.1 Å². The second-order valence-electron chi connectivity index (χ2n) is 4.65. The molecule has 1 aromatic carbocycles. The molecule has 8 heteroatoms. The highest BCUT2D eigenvalue weighted by molar-refractivity contribution is 6.00. The number of alkyl halides is 3. The molecule has 0 aromatic heterocycles. The van der Waals surface area contributed by atoms with Gasteiger partial charge in [-0.15, -0.1) is 0 Å². The molecular weight excluding hydrogens is 289 g/mol. The maximum absolute atomic E-state index is 13.1. The van der Waals surface area contributed by atoms with Crippen molar-refractivity contribution in [1.29, 1.82) is 0 Å². The number of phenolic OH excluding ortho intramolecular Hbond substituents is 1. The van der Waals surface area contributed by atoms with Crippen molar-refractivity contribution in [2.24, 2.45) is 5.10 Å². The Labute approximate surface area is 118 Å². The van der Waals surface area contributed by atoms with Gasteiger partial charge in [0.05, 0.1) is 5.56 Å². The fourth-order valence-corrected chi connectivity index (χ4v) is 2.02. The number of aromatic hydroxyl groups is 1. The van der Waals surface area contributed by atoms with E-state index in [4.69, 9.17) is 0 Å². The molecule has 0 saturated heterocycles. The van der Waals surface area contributed by atoms with Gasteiger partial charge in [0.15, 0.2) is 0 Å². The van der Waals surface area contributed by atoms with Gasteiger partial charge in [0, 0.05) is 12.1 Å². The van der Waals surface area contributed by atoms with Crippen molar-refractivity contribution >= 4 is 11.6 Å². The fourth-order valence-electron chi connectivity index (χ4n) is 2.02. The predicted octanol–water partition coefficient (Wildman–Crippen LogP) is 2.26. The molecular formula is C13H13F3N2O3. The van der Waals surface area contributed by atoms with Gasteiger partial charge >= 0.3 is 6.18 Å². The minimum atomic E-state index is -5.06. The summed E-state index contributed by atoms with van der Waals surface area (Å²) >= 11 is 0. The molecule has 0 unspecified atom stereocenters. The summed E-state index contributed by atoms with van der Waals surface area (Å²) in [5.74, 6) is -1.69. The van der Waals surface area contributed by atoms with Gasteiger partial charge in [0.1, 0.15) is 5.75 Å². The van der Waals surface area contributed by atoms with Crippen molar-refractivity contribution in [2.45, 2.75) is 31.7 Å². The standard InChI is InChI=1S/C13H13F3N2O3/c1-2-8-7-12(21,13(14,15)16)18(17-8)11(20)9-5-3-4-6-10(9)19/h3-6,19,21H,2,7H2,1H3/t12-/m1/s1. The predicted molar refractivity (Wildman–Crippen MR) is 67.6 cm³/mol. The number of aliphatic hydroxyl groups is 1. The molecule has 1 atom stereocenters. The van der Waals surface area contributed by atoms with E-state index in [1.54, 1.807) is 6.92 Å². The smallest absolute Gasteiger partial charge is 0.438 e. The van der Waals surface area contributed by atoms with Crippen LogP contribution < -0.4 is 0 Å². The number of hydrogen-bond donors (Lipinski definition) is 2. The van der Waals surface area contributed by atoms with Gasteiger partial charge in [-0.25, -0.2) is 0 Å². The quantitative estimate of drug-likeness (QED) is 0.880. The highest BCUT2D eigenvalue weighted by Crippen LogP contribution is 2.41. The van der Waals surface area contributed by atoms with Gasteiger partial charge in [-0.2, -0.15) is 23.3 Å². The van der Waals surface area contributed by atoms with Gasteiger partial charge in [-0.1, -0.05) is 19.1 Å². The van der Waals surface area contributed by atoms with Crippen molar-refractivity contribution in [1.82, 2.24) is 5.01 Å². The molecule has 2 rings (SSSR count). The van der Waals surface area contributed by atoms with E-state index < -0.39 is 30.0 Å². The molecule has 0 aliphatic carbocycles. The van der Waals surface area contributed by atoms with E-state index in [1.165, 1.54) is 18.2 Å². The van der Waals surface area contributed by atoms with Crippen LogP contribution in [0.25, 0.3) is 0 Å². The first-order chi connectivity index (χ1) is 9.70. The van der Waals surface area contributed by atoms with Crippen LogP contribution in [0.2, 0.25) is 0 Å². The number of nitrogens with zero attached hydrogens (tertiary/aromatic N) is 2. The van der Waals surface area contributed by atoms with Crippen LogP contribution in [0.1, 0.15) is 30.1 Å². The summed E-state index contributed by atoms with van der Waals surface area (Å²) in [6, 6.07) is 5.14. The molecule has 1 heterocycles. The van der Waals surface area contributed by atoms with E-state index in [9.17, 15) is 28.2 Å². The van der Waals surface area contributed by atoms with Crippen LogP contribution in [0, 0.1) is 0 Å². The number of halogens is 3. The summed E-state index contributed by atoms with van der Waals surface area (Å²) < 4.78 is 39.3. The summed E-state index contributed by atoms with van der Waals surface area (Å²) in [6.07, 6.45) is -5.69. The first-order valence-electron chi connectivity index (χ1n) is 6.18. The zero-order valence-corrected chi connectivity index (χ0v) is 11.1. The Balaban J connectivity index is 2.46. The zero-order chi connectivity index (χ0) is 15.8. The van der Waals surface area contributed by atoms with Crippen molar-refractivity contribution in [3.63, 3.8) is 0 Å². The molecule has 0 fully saturated rings. The first kappa shape index (κ1) is 15.3. The van der Waals surface area contributed by atoms with Gasteiger partial charge in [0.25, 0.3) is 11.6 Å². The Kier molecular flexibility index (Phi) is 3.66. The SMILES string of the molecule is CCC1=NN(C(=O)c2ccccc2O)[C@](O)(C(F)(F)F)C1. The van der Waals surface area contributed by atoms with Gasteiger partial charge in [-0.3, -0.25) is 4.79 Å². The molecule has 1 aliphatic rings. The van der Waals surface area contributed by atoms with Crippen LogP contribution in [0.15, 0.2) is 29.4 Å². The second kappa shape index (κ2) is 5.03. The summed E-state index contributed by atoms with van der Waals surface area (Å²) in [7, 11) is 0. The molecule has 1 amide bonds. The number of hydrogen-bond acceptors (Lipinski definition) is 4. The Bertz CT molecular complexity index is 601. The normalized spacial score (nSPS) is 22.3. The Morgan fingerprint density at radius 2 is 2.05 bits per heavy atom. The molecule has 5 nitrogen and oxygen atoms in total. The highest BCUT2D eigenvalue weighted by Gasteiger charge is 2.63. The van der Waals surface area contributed by atoms with Crippen LogP contribution in [0.5, 0.6) is 5.75 Å². The Hall–Kier alpha value is -2.09. The third-order valence-corrected chi connectivity index (χ3v) is 3.23. The molecule has 1 aliphatic heterocycles. The second-order valence-corrected chi connectivity index (χ2v) is 4.65. The lowest BCUT2D eigenvalue weighted by molar-refractivity contribution is -0.297. The summed E-state index contributed by atoms with van der Waals surface area (Å²) in [5, 5.41) is 23.0. The van der Waals surface area contributed by atoms with E-state index in [0.29, 0.717) is 0 Å². The number of carbonyl (C=O) groups excluding carboxylic acids is 1. The van der Waals surface area contributed by atoms with Crippen LogP contribution in [0.4, 0.5) is 13.2 Å². The zero-order valence-electron chi connectivity index (χ0n) is 11.1. The van der Waals surface area contributed by atoms with E-state index >= 15 is 0 Å². The Morgan fingerprint density at radius 1 is 1.43 bits per heavy atom. The van der Waals surface area contributed by atoms with E-state index in [2.05, 4.69) is 5.10 Å². The number of hydrazone groups is 1. The minimum Gasteiger partial charge on any atom is -0.507 e. The number of para-hydroxylation sites is 1. The Morgan fingerprint density at radius 3 is 2.57 bits per heavy atom. The van der Waals surface area contributed by atoms with Crippen molar-refractivity contribution < 1.29 is 28.2 Å². The number of carbonyl (C=O) groups is 1. The fraction of sp³-hybridized carbons (Fsp3) is 0.385. The van der Waals surface area contributed by atoms with E-state index in [0.717, 1.165) is 6.07 Å². The highest BCUT2D eigenvalue weighted by atomic mass is 19.4. The van der Waals surface area contributed by atoms with Gasteiger partial charge in [0.2, 0.25) is 0 Å². The number of amides is 1. The lowest BCUT2D eigenvalue weighted by Gasteiger charge is -2.32. The molecule has 114 valence electrons. The van der Waals surface area contributed by atoms with E-state index in [-0.39, 0.29) is 22.7 Å². The molecule has 2 N–H and O–H groups in total. The molecule has 0 bridgehead atoms. The summed E-state index contributed by atoms with van der Waals surface area (Å²) in [6.45, 7) is 1.57. The minimum absolute atomic E-state index is 0.000880. The van der Waals surface area contributed by atoms with Crippen LogP contribution in [0.3, 0.4) is 0 Å². The molecule has 1 aromatic rings. The van der Waals surface area contributed by atoms with Crippen molar-refractivity contribution in [2.75, 3.05) is 0 Å². The molecule has 0 spiro atoms. The largest absolute Gasteiger partial charge is 0.507 e. The van der Waals surface area contributed by atoms with Crippen molar-refractivity contribution in [3.05, 3.63) is 29.8 Å². The lowest BCUT2D eigenvalue weighted by atomic mass is 10.0. The van der Waals surface area contributed by atoms with Gasteiger partial charge < -0.3 is 10.2 Å². The number of benzene rings is 1. The third kappa shape index (κ3) is 2.46. The molecule has 21 heavy (non-hydrogen) atoms. The van der Waals surface area contributed by atoms with Gasteiger partial charge in [-0.05, 0) is 18.6 Å². The van der Waals surface area contributed by atoms with Crippen LogP contribution >= 0.6 is 0 Å². The number of rotatable bonds is 2.